The molecule has 4 nitrogen and oxygen atoms in total. The van der Waals surface area contributed by atoms with Crippen molar-refractivity contribution < 1.29 is 18.0 Å². The van der Waals surface area contributed by atoms with Crippen molar-refractivity contribution in [2.45, 2.75) is 27.2 Å². The molecule has 0 spiro atoms. The van der Waals surface area contributed by atoms with E-state index in [1.807, 2.05) is 19.1 Å². The van der Waals surface area contributed by atoms with E-state index in [0.717, 1.165) is 11.3 Å². The summed E-state index contributed by atoms with van der Waals surface area (Å²) in [5.74, 6) is 1.25. The molecule has 0 N–H and O–H groups in total. The Hall–Kier alpha value is -1.06. The van der Waals surface area contributed by atoms with Gasteiger partial charge in [-0.1, -0.05) is 18.5 Å². The van der Waals surface area contributed by atoms with E-state index in [2.05, 4.69) is 0 Å². The molecule has 0 radical (unpaired) electrons. The fourth-order valence-electron chi connectivity index (χ4n) is 2.13. The van der Waals surface area contributed by atoms with Crippen LogP contribution in [0, 0.1) is 0 Å². The lowest BCUT2D eigenvalue weighted by molar-refractivity contribution is 0.230. The van der Waals surface area contributed by atoms with Crippen LogP contribution in [0.5, 0.6) is 0 Å². The largest absolute Gasteiger partial charge is 0.460 e. The van der Waals surface area contributed by atoms with Gasteiger partial charge in [-0.2, -0.15) is 0 Å². The Morgan fingerprint density at radius 3 is 2.18 bits per heavy atom. The molecule has 0 aliphatic rings. The average Bonchev–Trinajstić information content (AvgIpc) is 2.93. The molecular formula is C16H20ClO4P. The van der Waals surface area contributed by atoms with E-state index < -0.39 is 7.60 Å². The number of halogens is 1. The first-order valence-electron chi connectivity index (χ1n) is 7.32. The van der Waals surface area contributed by atoms with Gasteiger partial charge in [0.2, 0.25) is 0 Å². The van der Waals surface area contributed by atoms with E-state index in [4.69, 9.17) is 25.1 Å². The minimum Gasteiger partial charge on any atom is -0.460 e. The first kappa shape index (κ1) is 17.3. The lowest BCUT2D eigenvalue weighted by Gasteiger charge is -2.16. The SMILES string of the molecule is CCOP(=O)(OCC)c1cc(CC)oc1-c1ccc(Cl)cc1. The minimum atomic E-state index is -3.41. The van der Waals surface area contributed by atoms with Gasteiger partial charge in [-0.25, -0.2) is 0 Å². The number of benzene rings is 1. The Bertz CT molecular complexity index is 653. The molecule has 0 saturated heterocycles. The molecule has 2 rings (SSSR count). The average molecular weight is 343 g/mol. The van der Waals surface area contributed by atoms with Crippen LogP contribution in [0.15, 0.2) is 34.7 Å². The van der Waals surface area contributed by atoms with E-state index in [1.165, 1.54) is 0 Å². The van der Waals surface area contributed by atoms with Crippen molar-refractivity contribution in [2.24, 2.45) is 0 Å². The van der Waals surface area contributed by atoms with Crippen molar-refractivity contribution >= 4 is 24.5 Å². The molecule has 0 saturated carbocycles. The highest BCUT2D eigenvalue weighted by atomic mass is 35.5. The van der Waals surface area contributed by atoms with Gasteiger partial charge in [0.1, 0.15) is 16.8 Å². The van der Waals surface area contributed by atoms with Gasteiger partial charge in [-0.15, -0.1) is 0 Å². The normalized spacial score (nSPS) is 11.8. The van der Waals surface area contributed by atoms with E-state index in [1.54, 1.807) is 32.0 Å². The lowest BCUT2D eigenvalue weighted by atomic mass is 10.2. The Labute approximate surface area is 135 Å². The Morgan fingerprint density at radius 1 is 1.09 bits per heavy atom. The summed E-state index contributed by atoms with van der Waals surface area (Å²) in [5.41, 5.74) is 0.790. The summed E-state index contributed by atoms with van der Waals surface area (Å²) in [6.07, 6.45) is 0.693. The third-order valence-corrected chi connectivity index (χ3v) is 5.48. The van der Waals surface area contributed by atoms with Crippen molar-refractivity contribution in [1.29, 1.82) is 0 Å². The molecule has 120 valence electrons. The predicted molar refractivity (Wildman–Crippen MR) is 89.0 cm³/mol. The van der Waals surface area contributed by atoms with Crippen LogP contribution in [-0.2, 0) is 20.0 Å². The summed E-state index contributed by atoms with van der Waals surface area (Å²) in [6.45, 7) is 6.14. The molecule has 0 amide bonds. The first-order chi connectivity index (χ1) is 10.5. The van der Waals surface area contributed by atoms with E-state index >= 15 is 0 Å². The van der Waals surface area contributed by atoms with Gasteiger partial charge in [0.05, 0.1) is 13.2 Å². The number of aryl methyl sites for hydroxylation is 1. The van der Waals surface area contributed by atoms with Crippen molar-refractivity contribution in [3.05, 3.63) is 41.1 Å². The molecule has 0 bridgehead atoms. The molecule has 2 aromatic rings. The molecule has 0 atom stereocenters. The van der Waals surface area contributed by atoms with E-state index in [9.17, 15) is 4.57 Å². The quantitative estimate of drug-likeness (QED) is 0.660. The Balaban J connectivity index is 2.56. The maximum absolute atomic E-state index is 13.1. The van der Waals surface area contributed by atoms with Crippen molar-refractivity contribution in [2.75, 3.05) is 13.2 Å². The molecule has 0 unspecified atom stereocenters. The molecule has 1 aromatic carbocycles. The van der Waals surface area contributed by atoms with Crippen LogP contribution in [-0.4, -0.2) is 13.2 Å². The summed E-state index contributed by atoms with van der Waals surface area (Å²) in [6, 6.07) is 8.94. The first-order valence-corrected chi connectivity index (χ1v) is 9.24. The highest BCUT2D eigenvalue weighted by Crippen LogP contribution is 2.50. The fraction of sp³-hybridized carbons (Fsp3) is 0.375. The third kappa shape index (κ3) is 3.64. The number of hydrogen-bond acceptors (Lipinski definition) is 4. The summed E-state index contributed by atoms with van der Waals surface area (Å²) in [5, 5.41) is 1.10. The van der Waals surface area contributed by atoms with Crippen LogP contribution < -0.4 is 5.30 Å². The molecule has 1 heterocycles. The highest BCUT2D eigenvalue weighted by Gasteiger charge is 2.33. The van der Waals surface area contributed by atoms with Crippen molar-refractivity contribution in [1.82, 2.24) is 0 Å². The highest BCUT2D eigenvalue weighted by molar-refractivity contribution is 7.62. The van der Waals surface area contributed by atoms with Gasteiger partial charge in [-0.05, 0) is 44.2 Å². The maximum Gasteiger partial charge on any atom is 0.365 e. The second-order valence-corrected chi connectivity index (χ2v) is 7.05. The zero-order valence-electron chi connectivity index (χ0n) is 13.0. The number of hydrogen-bond donors (Lipinski definition) is 0. The van der Waals surface area contributed by atoms with Crippen molar-refractivity contribution in [3.8, 4) is 11.3 Å². The summed E-state index contributed by atoms with van der Waals surface area (Å²) >= 11 is 5.93. The second-order valence-electron chi connectivity index (χ2n) is 4.62. The third-order valence-electron chi connectivity index (χ3n) is 3.11. The second kappa shape index (κ2) is 7.47. The molecule has 1 aromatic heterocycles. The van der Waals surface area contributed by atoms with Gasteiger partial charge in [-0.3, -0.25) is 4.57 Å². The summed E-state index contributed by atoms with van der Waals surface area (Å²) in [7, 11) is -3.41. The predicted octanol–water partition coefficient (Wildman–Crippen LogP) is 5.05. The zero-order chi connectivity index (χ0) is 16.2. The van der Waals surface area contributed by atoms with Crippen LogP contribution in [0.4, 0.5) is 0 Å². The van der Waals surface area contributed by atoms with Crippen LogP contribution >= 0.6 is 19.2 Å². The molecule has 0 aliphatic carbocycles. The van der Waals surface area contributed by atoms with Gasteiger partial charge in [0.25, 0.3) is 0 Å². The Morgan fingerprint density at radius 2 is 1.68 bits per heavy atom. The molecule has 0 fully saturated rings. The van der Waals surface area contributed by atoms with Crippen LogP contribution in [0.3, 0.4) is 0 Å². The van der Waals surface area contributed by atoms with E-state index in [-0.39, 0.29) is 0 Å². The molecule has 22 heavy (non-hydrogen) atoms. The molecule has 6 heteroatoms. The topological polar surface area (TPSA) is 48.7 Å². The van der Waals surface area contributed by atoms with Gasteiger partial charge in [0, 0.05) is 17.0 Å². The monoisotopic (exact) mass is 342 g/mol. The van der Waals surface area contributed by atoms with Crippen LogP contribution in [0.25, 0.3) is 11.3 Å². The lowest BCUT2D eigenvalue weighted by Crippen LogP contribution is -2.11. The zero-order valence-corrected chi connectivity index (χ0v) is 14.6. The smallest absolute Gasteiger partial charge is 0.365 e. The van der Waals surface area contributed by atoms with Gasteiger partial charge >= 0.3 is 7.60 Å². The summed E-state index contributed by atoms with van der Waals surface area (Å²) < 4.78 is 29.8. The minimum absolute atomic E-state index is 0.296. The molecular weight excluding hydrogens is 323 g/mol. The summed E-state index contributed by atoms with van der Waals surface area (Å²) in [4.78, 5) is 0. The van der Waals surface area contributed by atoms with Gasteiger partial charge < -0.3 is 13.5 Å². The Kier molecular flexibility index (Phi) is 5.87. The number of rotatable bonds is 7. The van der Waals surface area contributed by atoms with Crippen molar-refractivity contribution in [3.63, 3.8) is 0 Å². The maximum atomic E-state index is 13.1. The molecule has 0 aliphatic heterocycles. The van der Waals surface area contributed by atoms with Crippen LogP contribution in [0.1, 0.15) is 26.5 Å². The fourth-order valence-corrected chi connectivity index (χ4v) is 4.02. The van der Waals surface area contributed by atoms with E-state index in [0.29, 0.717) is 35.7 Å². The standard InChI is InChI=1S/C16H20ClO4P/c1-4-14-11-15(22(18,19-5-2)20-6-3)16(21-14)12-7-9-13(17)10-8-12/h7-11H,4-6H2,1-3H3. The van der Waals surface area contributed by atoms with Crippen LogP contribution in [0.2, 0.25) is 5.02 Å². The van der Waals surface area contributed by atoms with Gasteiger partial charge in [0.15, 0.2) is 0 Å². The number of furan rings is 1.